The molecule has 3 aromatic rings. The van der Waals surface area contributed by atoms with Crippen molar-refractivity contribution in [2.75, 3.05) is 19.1 Å². The molecule has 0 fully saturated rings. The van der Waals surface area contributed by atoms with Gasteiger partial charge in [0, 0.05) is 22.7 Å². The fraction of sp³-hybridized carbons (Fsp3) is 0.333. The summed E-state index contributed by atoms with van der Waals surface area (Å²) in [5.41, 5.74) is 3.34. The topological polar surface area (TPSA) is 97.6 Å². The van der Waals surface area contributed by atoms with E-state index in [0.717, 1.165) is 27.6 Å². The summed E-state index contributed by atoms with van der Waals surface area (Å²) in [6.07, 6.45) is 0.417. The number of benzene rings is 3. The summed E-state index contributed by atoms with van der Waals surface area (Å²) in [4.78, 5) is 15.6. The number of likely N-dealkylation sites (N-methyl/N-ethyl adjacent to an activating group) is 1. The Balaban J connectivity index is 1.79. The predicted octanol–water partition coefficient (Wildman–Crippen LogP) is 3.08. The van der Waals surface area contributed by atoms with E-state index in [9.17, 15) is 15.2 Å². The third-order valence-corrected chi connectivity index (χ3v) is 6.64. The number of amides is 1. The van der Waals surface area contributed by atoms with E-state index in [-0.39, 0.29) is 18.5 Å². The van der Waals surface area contributed by atoms with Crippen molar-refractivity contribution in [2.45, 2.75) is 44.6 Å². The van der Waals surface area contributed by atoms with E-state index in [4.69, 9.17) is 4.74 Å². The summed E-state index contributed by atoms with van der Waals surface area (Å²) in [5.74, 6) is 0.549. The Kier molecular flexibility index (Phi) is 7.13. The molecule has 1 unspecified atom stereocenters. The van der Waals surface area contributed by atoms with Gasteiger partial charge in [-0.25, -0.2) is 0 Å². The SMILES string of the molecule is CN[C@@H](C)C(O)N[C@H]1CCc2ccccc2N(Cc2c(OC)ccc3c(C#N)cccc23)C1=O. The number of nitriles is 1. The van der Waals surface area contributed by atoms with Crippen molar-refractivity contribution in [3.05, 3.63) is 71.3 Å². The molecule has 0 bridgehead atoms. The number of rotatable bonds is 7. The van der Waals surface area contributed by atoms with Crippen LogP contribution in [0, 0.1) is 11.3 Å². The lowest BCUT2D eigenvalue weighted by atomic mass is 9.99. The van der Waals surface area contributed by atoms with E-state index in [1.54, 1.807) is 25.1 Å². The summed E-state index contributed by atoms with van der Waals surface area (Å²) in [6, 6.07) is 18.7. The molecule has 1 aliphatic heterocycles. The van der Waals surface area contributed by atoms with Crippen molar-refractivity contribution in [3.8, 4) is 11.8 Å². The summed E-state index contributed by atoms with van der Waals surface area (Å²) >= 11 is 0. The number of para-hydroxylation sites is 1. The molecule has 3 atom stereocenters. The highest BCUT2D eigenvalue weighted by molar-refractivity contribution is 6.00. The molecular formula is C27H30N4O3. The number of hydrogen-bond acceptors (Lipinski definition) is 6. The number of aliphatic hydroxyl groups excluding tert-OH is 1. The van der Waals surface area contributed by atoms with E-state index >= 15 is 0 Å². The quantitative estimate of drug-likeness (QED) is 0.471. The molecule has 4 rings (SSSR count). The van der Waals surface area contributed by atoms with Crippen LogP contribution in [0.5, 0.6) is 5.75 Å². The van der Waals surface area contributed by atoms with Gasteiger partial charge in [-0.05, 0) is 62.0 Å². The molecule has 0 saturated heterocycles. The number of methoxy groups -OCH3 is 1. The molecule has 1 aliphatic rings. The first-order valence-electron chi connectivity index (χ1n) is 11.5. The van der Waals surface area contributed by atoms with Crippen LogP contribution in [0.15, 0.2) is 54.6 Å². The lowest BCUT2D eigenvalue weighted by Crippen LogP contribution is -2.54. The molecule has 0 saturated carbocycles. The maximum atomic E-state index is 13.9. The maximum absolute atomic E-state index is 13.9. The minimum atomic E-state index is -0.868. The molecule has 1 amide bonds. The predicted molar refractivity (Wildman–Crippen MR) is 133 cm³/mol. The number of carbonyl (C=O) groups excluding carboxylic acids is 1. The second-order valence-corrected chi connectivity index (χ2v) is 8.59. The zero-order valence-electron chi connectivity index (χ0n) is 19.7. The van der Waals surface area contributed by atoms with Crippen molar-refractivity contribution >= 4 is 22.4 Å². The van der Waals surface area contributed by atoms with Crippen LogP contribution < -0.4 is 20.3 Å². The highest BCUT2D eigenvalue weighted by Crippen LogP contribution is 2.35. The second-order valence-electron chi connectivity index (χ2n) is 8.59. The summed E-state index contributed by atoms with van der Waals surface area (Å²) in [6.45, 7) is 2.14. The average Bonchev–Trinajstić information content (AvgIpc) is 3.00. The number of aryl methyl sites for hydroxylation is 1. The molecule has 3 N–H and O–H groups in total. The number of anilines is 1. The Bertz CT molecular complexity index is 1240. The number of nitrogens with zero attached hydrogens (tertiary/aromatic N) is 2. The summed E-state index contributed by atoms with van der Waals surface area (Å²) in [7, 11) is 3.38. The minimum absolute atomic E-state index is 0.109. The molecule has 1 heterocycles. The maximum Gasteiger partial charge on any atom is 0.244 e. The fourth-order valence-electron chi connectivity index (χ4n) is 4.55. The normalized spacial score (nSPS) is 17.6. The van der Waals surface area contributed by atoms with Gasteiger partial charge in [-0.2, -0.15) is 5.26 Å². The van der Waals surface area contributed by atoms with E-state index in [1.165, 1.54) is 0 Å². The Hall–Kier alpha value is -3.44. The molecule has 0 aliphatic carbocycles. The zero-order chi connectivity index (χ0) is 24.2. The van der Waals surface area contributed by atoms with Crippen LogP contribution in [-0.4, -0.2) is 43.5 Å². The number of aliphatic hydroxyl groups is 1. The molecule has 0 radical (unpaired) electrons. The van der Waals surface area contributed by atoms with Gasteiger partial charge >= 0.3 is 0 Å². The van der Waals surface area contributed by atoms with Crippen molar-refractivity contribution in [3.63, 3.8) is 0 Å². The molecule has 0 aromatic heterocycles. The molecule has 7 heteroatoms. The van der Waals surface area contributed by atoms with E-state index in [2.05, 4.69) is 16.7 Å². The van der Waals surface area contributed by atoms with Gasteiger partial charge in [-0.15, -0.1) is 0 Å². The fourth-order valence-corrected chi connectivity index (χ4v) is 4.55. The van der Waals surface area contributed by atoms with E-state index in [1.807, 2.05) is 55.5 Å². The smallest absolute Gasteiger partial charge is 0.244 e. The highest BCUT2D eigenvalue weighted by Gasteiger charge is 2.33. The average molecular weight is 459 g/mol. The number of ether oxygens (including phenoxy) is 1. The first-order chi connectivity index (χ1) is 16.5. The first kappa shape index (κ1) is 23.7. The van der Waals surface area contributed by atoms with Crippen LogP contribution in [0.1, 0.15) is 30.0 Å². The van der Waals surface area contributed by atoms with E-state index < -0.39 is 12.3 Å². The molecule has 7 nitrogen and oxygen atoms in total. The summed E-state index contributed by atoms with van der Waals surface area (Å²) in [5, 5.41) is 28.0. The molecule has 3 aromatic carbocycles. The van der Waals surface area contributed by atoms with Gasteiger partial charge in [0.1, 0.15) is 12.0 Å². The third-order valence-electron chi connectivity index (χ3n) is 6.64. The monoisotopic (exact) mass is 458 g/mol. The van der Waals surface area contributed by atoms with Crippen molar-refractivity contribution < 1.29 is 14.6 Å². The van der Waals surface area contributed by atoms with Gasteiger partial charge in [0.25, 0.3) is 0 Å². The van der Waals surface area contributed by atoms with Crippen LogP contribution in [0.3, 0.4) is 0 Å². The molecule has 0 spiro atoms. The van der Waals surface area contributed by atoms with Gasteiger partial charge in [-0.3, -0.25) is 10.1 Å². The number of fused-ring (bicyclic) bond motifs is 2. The lowest BCUT2D eigenvalue weighted by molar-refractivity contribution is -0.121. The van der Waals surface area contributed by atoms with Gasteiger partial charge in [-0.1, -0.05) is 30.3 Å². The highest BCUT2D eigenvalue weighted by atomic mass is 16.5. The van der Waals surface area contributed by atoms with Crippen LogP contribution in [-0.2, 0) is 17.8 Å². The lowest BCUT2D eigenvalue weighted by Gasteiger charge is -2.30. The number of hydrogen-bond donors (Lipinski definition) is 3. The second kappa shape index (κ2) is 10.2. The first-order valence-corrected chi connectivity index (χ1v) is 11.5. The van der Waals surface area contributed by atoms with Gasteiger partial charge in [0.2, 0.25) is 5.91 Å². The van der Waals surface area contributed by atoms with Gasteiger partial charge < -0.3 is 20.1 Å². The Morgan fingerprint density at radius 2 is 1.97 bits per heavy atom. The van der Waals surface area contributed by atoms with Crippen LogP contribution >= 0.6 is 0 Å². The zero-order valence-corrected chi connectivity index (χ0v) is 19.7. The number of nitrogens with one attached hydrogen (secondary N) is 2. The Morgan fingerprint density at radius 3 is 2.71 bits per heavy atom. The molecule has 34 heavy (non-hydrogen) atoms. The van der Waals surface area contributed by atoms with Crippen LogP contribution in [0.25, 0.3) is 10.8 Å². The van der Waals surface area contributed by atoms with E-state index in [0.29, 0.717) is 24.2 Å². The third kappa shape index (κ3) is 4.48. The molecule has 176 valence electrons. The van der Waals surface area contributed by atoms with Crippen LogP contribution in [0.2, 0.25) is 0 Å². The standard InChI is InChI=1S/C27H30N4O3/c1-17(29-2)26(32)30-23-13-11-18-7-4-5-10-24(18)31(27(23)33)16-22-21-9-6-8-19(15-28)20(21)12-14-25(22)34-3/h4-10,12,14,17,23,26,29-30,32H,11,13,16H2,1-3H3/t17-,23-,26?/m0/s1. The van der Waals surface area contributed by atoms with Crippen LogP contribution in [0.4, 0.5) is 5.69 Å². The van der Waals surface area contributed by atoms with Crippen molar-refractivity contribution in [1.82, 2.24) is 10.6 Å². The number of carbonyl (C=O) groups is 1. The summed E-state index contributed by atoms with van der Waals surface area (Å²) < 4.78 is 5.68. The Labute approximate surface area is 200 Å². The van der Waals surface area contributed by atoms with Crippen molar-refractivity contribution in [1.29, 1.82) is 5.26 Å². The largest absolute Gasteiger partial charge is 0.496 e. The van der Waals surface area contributed by atoms with Crippen molar-refractivity contribution in [2.24, 2.45) is 0 Å². The van der Waals surface area contributed by atoms with Gasteiger partial charge in [0.15, 0.2) is 0 Å². The van der Waals surface area contributed by atoms with Gasteiger partial charge in [0.05, 0.1) is 31.3 Å². The minimum Gasteiger partial charge on any atom is -0.496 e. The Morgan fingerprint density at radius 1 is 1.18 bits per heavy atom. The molecular weight excluding hydrogens is 428 g/mol.